The van der Waals surface area contributed by atoms with Crippen molar-refractivity contribution in [1.82, 2.24) is 5.32 Å². The number of rotatable bonds is 17. The molecule has 0 spiro atoms. The maximum atomic E-state index is 11.6. The van der Waals surface area contributed by atoms with Gasteiger partial charge < -0.3 is 10.1 Å². The van der Waals surface area contributed by atoms with Crippen LogP contribution in [0.1, 0.15) is 104 Å². The van der Waals surface area contributed by atoms with Gasteiger partial charge >= 0.3 is 5.97 Å². The molecular formula is C20H39NO3. The van der Waals surface area contributed by atoms with Gasteiger partial charge in [0, 0.05) is 19.9 Å². The summed E-state index contributed by atoms with van der Waals surface area (Å²) in [7, 11) is 0. The first-order valence-electron chi connectivity index (χ1n) is 10.1. The van der Waals surface area contributed by atoms with Crippen LogP contribution in [-0.2, 0) is 14.3 Å². The van der Waals surface area contributed by atoms with E-state index in [4.69, 9.17) is 4.74 Å². The molecule has 0 aliphatic rings. The number of unbranched alkanes of at least 4 members (excludes halogenated alkanes) is 11. The van der Waals surface area contributed by atoms with Crippen molar-refractivity contribution in [1.29, 1.82) is 0 Å². The average Bonchev–Trinajstić information content (AvgIpc) is 2.55. The fraction of sp³-hybridized carbons (Fsp3) is 0.900. The Bertz CT molecular complexity index is 305. The predicted octanol–water partition coefficient (Wildman–Crippen LogP) is 5.15. The van der Waals surface area contributed by atoms with E-state index < -0.39 is 0 Å². The van der Waals surface area contributed by atoms with Gasteiger partial charge in [0.2, 0.25) is 5.91 Å². The number of hydrogen-bond donors (Lipinski definition) is 1. The molecule has 0 aliphatic carbocycles. The van der Waals surface area contributed by atoms with Gasteiger partial charge in [-0.3, -0.25) is 9.59 Å². The van der Waals surface area contributed by atoms with Crippen LogP contribution in [-0.4, -0.2) is 25.0 Å². The highest BCUT2D eigenvalue weighted by Crippen LogP contribution is 2.10. The van der Waals surface area contributed by atoms with E-state index in [1.165, 1.54) is 64.7 Å². The van der Waals surface area contributed by atoms with Crippen molar-refractivity contribution in [3.05, 3.63) is 0 Å². The Morgan fingerprint density at radius 2 is 1.29 bits per heavy atom. The maximum Gasteiger partial charge on any atom is 0.302 e. The third-order valence-corrected chi connectivity index (χ3v) is 4.21. The monoisotopic (exact) mass is 341 g/mol. The molecule has 0 saturated carbocycles. The first-order valence-corrected chi connectivity index (χ1v) is 10.1. The van der Waals surface area contributed by atoms with Gasteiger partial charge in [-0.1, -0.05) is 64.7 Å². The van der Waals surface area contributed by atoms with Gasteiger partial charge in [0.1, 0.15) is 0 Å². The van der Waals surface area contributed by atoms with Crippen LogP contribution in [0.2, 0.25) is 0 Å². The number of carbonyl (C=O) groups is 2. The summed E-state index contributed by atoms with van der Waals surface area (Å²) < 4.78 is 4.85. The molecule has 0 rings (SSSR count). The summed E-state index contributed by atoms with van der Waals surface area (Å²) >= 11 is 0. The third kappa shape index (κ3) is 19.0. The number of amides is 1. The first-order chi connectivity index (χ1) is 11.7. The van der Waals surface area contributed by atoms with E-state index in [-0.39, 0.29) is 11.9 Å². The van der Waals surface area contributed by atoms with Crippen molar-refractivity contribution in [3.63, 3.8) is 0 Å². The Morgan fingerprint density at radius 1 is 0.750 bits per heavy atom. The quantitative estimate of drug-likeness (QED) is 0.294. The van der Waals surface area contributed by atoms with E-state index in [9.17, 15) is 9.59 Å². The fourth-order valence-electron chi connectivity index (χ4n) is 2.71. The zero-order valence-corrected chi connectivity index (χ0v) is 16.0. The van der Waals surface area contributed by atoms with Crippen LogP contribution in [0.3, 0.4) is 0 Å². The van der Waals surface area contributed by atoms with E-state index in [0.29, 0.717) is 13.0 Å². The van der Waals surface area contributed by atoms with Gasteiger partial charge in [0.25, 0.3) is 0 Å². The van der Waals surface area contributed by atoms with Crippen molar-refractivity contribution in [2.75, 3.05) is 13.2 Å². The van der Waals surface area contributed by atoms with Gasteiger partial charge in [-0.05, 0) is 25.7 Å². The zero-order chi connectivity index (χ0) is 17.9. The molecule has 0 aromatic rings. The third-order valence-electron chi connectivity index (χ3n) is 4.21. The second kappa shape index (κ2) is 18.3. The van der Waals surface area contributed by atoms with Crippen molar-refractivity contribution < 1.29 is 14.3 Å². The smallest absolute Gasteiger partial charge is 0.302 e. The molecule has 0 bridgehead atoms. The summed E-state index contributed by atoms with van der Waals surface area (Å²) in [5.41, 5.74) is 0. The van der Waals surface area contributed by atoms with Crippen LogP contribution >= 0.6 is 0 Å². The fourth-order valence-corrected chi connectivity index (χ4v) is 2.71. The minimum atomic E-state index is -0.232. The molecule has 1 amide bonds. The second-order valence-corrected chi connectivity index (χ2v) is 6.68. The van der Waals surface area contributed by atoms with E-state index in [1.807, 2.05) is 0 Å². The average molecular weight is 342 g/mol. The Kier molecular flexibility index (Phi) is 17.5. The SMILES string of the molecule is CCCCCCCCCCCCNC(=O)CCCCCOC(C)=O. The predicted molar refractivity (Wildman–Crippen MR) is 100.0 cm³/mol. The molecule has 0 saturated heterocycles. The Labute approximate surface area is 149 Å². The Hall–Kier alpha value is -1.06. The molecule has 4 heteroatoms. The molecule has 24 heavy (non-hydrogen) atoms. The van der Waals surface area contributed by atoms with E-state index in [0.717, 1.165) is 32.2 Å². The molecule has 0 aromatic carbocycles. The molecule has 0 radical (unpaired) electrons. The van der Waals surface area contributed by atoms with Crippen molar-refractivity contribution in [3.8, 4) is 0 Å². The largest absolute Gasteiger partial charge is 0.466 e. The van der Waals surface area contributed by atoms with Crippen LogP contribution in [0.25, 0.3) is 0 Å². The van der Waals surface area contributed by atoms with Gasteiger partial charge in [-0.25, -0.2) is 0 Å². The van der Waals surface area contributed by atoms with Gasteiger partial charge in [-0.15, -0.1) is 0 Å². The minimum absolute atomic E-state index is 0.151. The summed E-state index contributed by atoms with van der Waals surface area (Å²) in [5, 5.41) is 2.99. The van der Waals surface area contributed by atoms with Crippen LogP contribution in [0.15, 0.2) is 0 Å². The topological polar surface area (TPSA) is 55.4 Å². The molecular weight excluding hydrogens is 302 g/mol. The second-order valence-electron chi connectivity index (χ2n) is 6.68. The lowest BCUT2D eigenvalue weighted by Crippen LogP contribution is -2.23. The van der Waals surface area contributed by atoms with Crippen molar-refractivity contribution in [2.24, 2.45) is 0 Å². The standard InChI is InChI=1S/C20H39NO3/c1-3-4-5-6-7-8-9-10-11-14-17-21-20(23)16-13-12-15-18-24-19(2)22/h3-18H2,1-2H3,(H,21,23). The van der Waals surface area contributed by atoms with Crippen LogP contribution in [0, 0.1) is 0 Å². The Balaban J connectivity index is 3.16. The lowest BCUT2D eigenvalue weighted by molar-refractivity contribution is -0.141. The number of ether oxygens (including phenoxy) is 1. The molecule has 0 aromatic heterocycles. The normalized spacial score (nSPS) is 10.6. The lowest BCUT2D eigenvalue weighted by Gasteiger charge is -2.06. The van der Waals surface area contributed by atoms with Gasteiger partial charge in [-0.2, -0.15) is 0 Å². The Morgan fingerprint density at radius 3 is 1.88 bits per heavy atom. The highest BCUT2D eigenvalue weighted by atomic mass is 16.5. The van der Waals surface area contributed by atoms with E-state index in [2.05, 4.69) is 12.2 Å². The van der Waals surface area contributed by atoms with Crippen molar-refractivity contribution >= 4 is 11.9 Å². The minimum Gasteiger partial charge on any atom is -0.466 e. The molecule has 4 nitrogen and oxygen atoms in total. The first kappa shape index (κ1) is 22.9. The summed E-state index contributed by atoms with van der Waals surface area (Å²) in [4.78, 5) is 22.2. The van der Waals surface area contributed by atoms with Crippen molar-refractivity contribution in [2.45, 2.75) is 104 Å². The molecule has 0 heterocycles. The molecule has 1 N–H and O–H groups in total. The number of hydrogen-bond acceptors (Lipinski definition) is 3. The number of nitrogens with one attached hydrogen (secondary N) is 1. The number of carbonyl (C=O) groups excluding carboxylic acids is 2. The molecule has 0 unspecified atom stereocenters. The van der Waals surface area contributed by atoms with Crippen LogP contribution < -0.4 is 5.32 Å². The van der Waals surface area contributed by atoms with Gasteiger partial charge in [0.05, 0.1) is 6.61 Å². The molecule has 0 aliphatic heterocycles. The van der Waals surface area contributed by atoms with Gasteiger partial charge in [0.15, 0.2) is 0 Å². The summed E-state index contributed by atoms with van der Waals surface area (Å²) in [6.07, 6.45) is 16.4. The summed E-state index contributed by atoms with van der Waals surface area (Å²) in [6, 6.07) is 0. The van der Waals surface area contributed by atoms with Crippen LogP contribution in [0.4, 0.5) is 0 Å². The molecule has 0 fully saturated rings. The maximum absolute atomic E-state index is 11.6. The van der Waals surface area contributed by atoms with E-state index >= 15 is 0 Å². The highest BCUT2D eigenvalue weighted by Gasteiger charge is 2.01. The molecule has 142 valence electrons. The molecule has 0 atom stereocenters. The van der Waals surface area contributed by atoms with Crippen LogP contribution in [0.5, 0.6) is 0 Å². The number of esters is 1. The lowest BCUT2D eigenvalue weighted by atomic mass is 10.1. The zero-order valence-electron chi connectivity index (χ0n) is 16.0. The summed E-state index contributed by atoms with van der Waals surface area (Å²) in [6.45, 7) is 4.95. The van der Waals surface area contributed by atoms with E-state index in [1.54, 1.807) is 0 Å². The highest BCUT2D eigenvalue weighted by molar-refractivity contribution is 5.75. The summed E-state index contributed by atoms with van der Waals surface area (Å²) in [5.74, 6) is -0.0809.